The molecule has 0 atom stereocenters. The number of thioether (sulfide) groups is 1. The summed E-state index contributed by atoms with van der Waals surface area (Å²) in [5.41, 5.74) is 5.78. The van der Waals surface area contributed by atoms with Gasteiger partial charge in [0.2, 0.25) is 0 Å². The fraction of sp³-hybridized carbons (Fsp3) is 0.429. The van der Waals surface area contributed by atoms with Gasteiger partial charge in [-0.1, -0.05) is 23.4 Å². The van der Waals surface area contributed by atoms with Gasteiger partial charge in [-0.05, 0) is 31.2 Å². The molecule has 0 radical (unpaired) electrons. The summed E-state index contributed by atoms with van der Waals surface area (Å²) in [5.74, 6) is 0.742. The van der Waals surface area contributed by atoms with E-state index in [-0.39, 0.29) is 11.9 Å². The minimum absolute atomic E-state index is 0.214. The van der Waals surface area contributed by atoms with Gasteiger partial charge in [0, 0.05) is 13.1 Å². The van der Waals surface area contributed by atoms with Crippen LogP contribution in [0, 0.1) is 0 Å². The van der Waals surface area contributed by atoms with Crippen molar-refractivity contribution < 1.29 is 14.7 Å². The Morgan fingerprint density at radius 2 is 2.00 bits per heavy atom. The first-order valence-corrected chi connectivity index (χ1v) is 7.89. The molecule has 1 aromatic carbocycles. The second-order valence-corrected chi connectivity index (χ2v) is 6.04. The second kappa shape index (κ2) is 6.71. The standard InChI is InChI=1S/C14H19N3O3S/c1-21-14(12(15)16-19)7-9-17(10-8-14)13(18)20-11-5-3-2-4-6-11/h2-6,19H,7-10H2,1H3,(H2,15,16). The number of hydrogen-bond acceptors (Lipinski definition) is 5. The molecule has 3 N–H and O–H groups in total. The molecule has 2 rings (SSSR count). The molecular formula is C14H19N3O3S. The second-order valence-electron chi connectivity index (χ2n) is 4.85. The number of amides is 1. The molecule has 1 saturated heterocycles. The van der Waals surface area contributed by atoms with Crippen LogP contribution in [0.4, 0.5) is 4.79 Å². The molecule has 0 aromatic heterocycles. The zero-order chi connectivity index (χ0) is 15.3. The van der Waals surface area contributed by atoms with Crippen LogP contribution >= 0.6 is 11.8 Å². The monoisotopic (exact) mass is 309 g/mol. The predicted octanol–water partition coefficient (Wildman–Crippen LogP) is 2.13. The smallest absolute Gasteiger partial charge is 0.410 e. The first kappa shape index (κ1) is 15.5. The molecule has 1 fully saturated rings. The minimum Gasteiger partial charge on any atom is -0.410 e. The van der Waals surface area contributed by atoms with Crippen LogP contribution in [0.25, 0.3) is 0 Å². The number of piperidine rings is 1. The number of amidine groups is 1. The highest BCUT2D eigenvalue weighted by molar-refractivity contribution is 8.00. The van der Waals surface area contributed by atoms with Crippen molar-refractivity contribution >= 4 is 23.7 Å². The van der Waals surface area contributed by atoms with Gasteiger partial charge in [0.05, 0.1) is 4.75 Å². The molecule has 1 aromatic rings. The average molecular weight is 309 g/mol. The first-order chi connectivity index (χ1) is 10.1. The Hall–Kier alpha value is -1.89. The largest absolute Gasteiger partial charge is 0.415 e. The molecule has 0 unspecified atom stereocenters. The van der Waals surface area contributed by atoms with Crippen LogP contribution in [0.3, 0.4) is 0 Å². The van der Waals surface area contributed by atoms with E-state index in [0.717, 1.165) is 0 Å². The molecule has 1 aliphatic heterocycles. The number of ether oxygens (including phenoxy) is 1. The minimum atomic E-state index is -0.404. The molecule has 0 bridgehead atoms. The van der Waals surface area contributed by atoms with E-state index in [4.69, 9.17) is 15.7 Å². The lowest BCUT2D eigenvalue weighted by atomic mass is 9.95. The van der Waals surface area contributed by atoms with Crippen LogP contribution in [-0.4, -0.2) is 46.1 Å². The Labute approximate surface area is 127 Å². The summed E-state index contributed by atoms with van der Waals surface area (Å²) in [6.45, 7) is 1.03. The molecule has 7 heteroatoms. The van der Waals surface area contributed by atoms with Crippen LogP contribution in [0.5, 0.6) is 5.75 Å². The SMILES string of the molecule is CSC1(C(N)=NO)CCN(C(=O)Oc2ccccc2)CC1. The fourth-order valence-electron chi connectivity index (χ4n) is 2.36. The summed E-state index contributed by atoms with van der Waals surface area (Å²) in [7, 11) is 0. The van der Waals surface area contributed by atoms with Crippen molar-refractivity contribution in [2.45, 2.75) is 17.6 Å². The highest BCUT2D eigenvalue weighted by atomic mass is 32.2. The number of hydrogen-bond donors (Lipinski definition) is 2. The summed E-state index contributed by atoms with van der Waals surface area (Å²) in [5, 5.41) is 12.0. The lowest BCUT2D eigenvalue weighted by molar-refractivity contribution is 0.140. The maximum absolute atomic E-state index is 12.1. The van der Waals surface area contributed by atoms with Gasteiger partial charge < -0.3 is 20.6 Å². The van der Waals surface area contributed by atoms with Gasteiger partial charge in [-0.25, -0.2) is 4.79 Å². The summed E-state index contributed by atoms with van der Waals surface area (Å²) in [6.07, 6.45) is 2.83. The van der Waals surface area contributed by atoms with Crippen molar-refractivity contribution in [2.75, 3.05) is 19.3 Å². The molecule has 6 nitrogen and oxygen atoms in total. The molecule has 1 heterocycles. The van der Waals surface area contributed by atoms with Gasteiger partial charge in [-0.2, -0.15) is 11.8 Å². The highest BCUT2D eigenvalue weighted by Gasteiger charge is 2.39. The zero-order valence-corrected chi connectivity index (χ0v) is 12.7. The molecule has 1 amide bonds. The van der Waals surface area contributed by atoms with Crippen LogP contribution in [0.15, 0.2) is 35.5 Å². The van der Waals surface area contributed by atoms with Gasteiger partial charge in [0.1, 0.15) is 5.75 Å². The topological polar surface area (TPSA) is 88.2 Å². The quantitative estimate of drug-likeness (QED) is 0.386. The molecule has 1 aliphatic rings. The lowest BCUT2D eigenvalue weighted by Crippen LogP contribution is -2.52. The average Bonchev–Trinajstić information content (AvgIpc) is 2.55. The highest BCUT2D eigenvalue weighted by Crippen LogP contribution is 2.35. The molecule has 114 valence electrons. The van der Waals surface area contributed by atoms with E-state index in [2.05, 4.69) is 5.16 Å². The van der Waals surface area contributed by atoms with E-state index >= 15 is 0 Å². The van der Waals surface area contributed by atoms with E-state index in [0.29, 0.717) is 31.7 Å². The maximum atomic E-state index is 12.1. The van der Waals surface area contributed by atoms with Crippen molar-refractivity contribution in [3.05, 3.63) is 30.3 Å². The normalized spacial score (nSPS) is 18.3. The van der Waals surface area contributed by atoms with E-state index in [9.17, 15) is 4.79 Å². The van der Waals surface area contributed by atoms with Gasteiger partial charge in [0.15, 0.2) is 5.84 Å². The predicted molar refractivity (Wildman–Crippen MR) is 82.9 cm³/mol. The molecule has 0 aliphatic carbocycles. The van der Waals surface area contributed by atoms with Crippen molar-refractivity contribution in [1.29, 1.82) is 0 Å². The van der Waals surface area contributed by atoms with Gasteiger partial charge in [-0.15, -0.1) is 0 Å². The van der Waals surface area contributed by atoms with E-state index in [1.807, 2.05) is 24.5 Å². The van der Waals surface area contributed by atoms with Crippen molar-refractivity contribution in [1.82, 2.24) is 4.90 Å². The van der Waals surface area contributed by atoms with Crippen LogP contribution in [-0.2, 0) is 0 Å². The number of rotatable bonds is 3. The third kappa shape index (κ3) is 3.41. The molecular weight excluding hydrogens is 290 g/mol. The lowest BCUT2D eigenvalue weighted by Gasteiger charge is -2.39. The van der Waals surface area contributed by atoms with E-state index in [1.54, 1.807) is 28.8 Å². The summed E-state index contributed by atoms with van der Waals surface area (Å²) < 4.78 is 4.91. The first-order valence-electron chi connectivity index (χ1n) is 6.66. The van der Waals surface area contributed by atoms with E-state index < -0.39 is 4.75 Å². The van der Waals surface area contributed by atoms with Gasteiger partial charge in [0.25, 0.3) is 0 Å². The Bertz CT molecular complexity index is 513. The Balaban J connectivity index is 1.96. The Kier molecular flexibility index (Phi) is 4.95. The summed E-state index contributed by atoms with van der Waals surface area (Å²) in [4.78, 5) is 13.7. The number of nitrogens with zero attached hydrogens (tertiary/aromatic N) is 2. The number of likely N-dealkylation sites (tertiary alicyclic amines) is 1. The number of carbonyl (C=O) groups is 1. The summed E-state index contributed by atoms with van der Waals surface area (Å²) >= 11 is 1.55. The molecule has 0 saturated carbocycles. The summed E-state index contributed by atoms with van der Waals surface area (Å²) in [6, 6.07) is 8.98. The third-order valence-electron chi connectivity index (χ3n) is 3.74. The van der Waals surface area contributed by atoms with Crippen LogP contribution < -0.4 is 10.5 Å². The number of oxime groups is 1. The Morgan fingerprint density at radius 1 is 1.38 bits per heavy atom. The zero-order valence-electron chi connectivity index (χ0n) is 11.9. The number of para-hydroxylation sites is 1. The fourth-order valence-corrected chi connectivity index (χ4v) is 3.20. The Morgan fingerprint density at radius 3 is 2.52 bits per heavy atom. The maximum Gasteiger partial charge on any atom is 0.415 e. The van der Waals surface area contributed by atoms with Crippen molar-refractivity contribution in [3.8, 4) is 5.75 Å². The number of benzene rings is 1. The van der Waals surface area contributed by atoms with Gasteiger partial charge in [-0.3, -0.25) is 0 Å². The van der Waals surface area contributed by atoms with Crippen molar-refractivity contribution in [3.63, 3.8) is 0 Å². The molecule has 21 heavy (non-hydrogen) atoms. The third-order valence-corrected chi connectivity index (χ3v) is 5.14. The molecule has 0 spiro atoms. The van der Waals surface area contributed by atoms with Gasteiger partial charge >= 0.3 is 6.09 Å². The number of nitrogens with two attached hydrogens (primary N) is 1. The van der Waals surface area contributed by atoms with Crippen molar-refractivity contribution in [2.24, 2.45) is 10.9 Å². The van der Waals surface area contributed by atoms with E-state index in [1.165, 1.54) is 0 Å². The van der Waals surface area contributed by atoms with Crippen LogP contribution in [0.1, 0.15) is 12.8 Å². The van der Waals surface area contributed by atoms with Crippen LogP contribution in [0.2, 0.25) is 0 Å². The number of carbonyl (C=O) groups excluding carboxylic acids is 1.